The molecule has 0 aliphatic heterocycles. The molecule has 1 aromatic heterocycles. The fourth-order valence-corrected chi connectivity index (χ4v) is 2.14. The largest absolute Gasteiger partial charge is 0.496 e. The summed E-state index contributed by atoms with van der Waals surface area (Å²) in [7, 11) is 5.29. The molecule has 0 amide bonds. The van der Waals surface area contributed by atoms with Crippen molar-refractivity contribution < 1.29 is 9.47 Å². The van der Waals surface area contributed by atoms with Gasteiger partial charge < -0.3 is 14.8 Å². The minimum absolute atomic E-state index is 0.682. The van der Waals surface area contributed by atoms with Crippen molar-refractivity contribution in [1.29, 1.82) is 0 Å². The third kappa shape index (κ3) is 2.93. The highest BCUT2D eigenvalue weighted by Gasteiger charge is 2.10. The summed E-state index contributed by atoms with van der Waals surface area (Å²) in [5.41, 5.74) is 3.39. The lowest BCUT2D eigenvalue weighted by atomic mass is 10.1. The summed E-state index contributed by atoms with van der Waals surface area (Å²) in [6.45, 7) is 3.51. The van der Waals surface area contributed by atoms with E-state index in [4.69, 9.17) is 9.47 Å². The van der Waals surface area contributed by atoms with Crippen molar-refractivity contribution in [2.75, 3.05) is 14.2 Å². The van der Waals surface area contributed by atoms with E-state index < -0.39 is 0 Å². The molecule has 2 rings (SSSR count). The minimum atomic E-state index is 0.682. The zero-order chi connectivity index (χ0) is 14.5. The van der Waals surface area contributed by atoms with Crippen LogP contribution in [0.2, 0.25) is 0 Å². The first-order chi connectivity index (χ1) is 9.67. The van der Waals surface area contributed by atoms with E-state index in [1.54, 1.807) is 14.2 Å². The monoisotopic (exact) mass is 275 g/mol. The molecule has 1 N–H and O–H groups in total. The average molecular weight is 275 g/mol. The van der Waals surface area contributed by atoms with Crippen LogP contribution in [0.5, 0.6) is 11.5 Å². The van der Waals surface area contributed by atoms with E-state index >= 15 is 0 Å². The van der Waals surface area contributed by atoms with Crippen LogP contribution < -0.4 is 14.8 Å². The zero-order valence-corrected chi connectivity index (χ0v) is 12.4. The lowest BCUT2D eigenvalue weighted by Crippen LogP contribution is -2.14. The molecule has 0 aliphatic rings. The summed E-state index contributed by atoms with van der Waals surface area (Å²) >= 11 is 0. The predicted octanol–water partition coefficient (Wildman–Crippen LogP) is 2.04. The third-order valence-corrected chi connectivity index (χ3v) is 3.48. The van der Waals surface area contributed by atoms with Crippen LogP contribution in [0.25, 0.3) is 0 Å². The topological polar surface area (TPSA) is 48.3 Å². The Labute approximate surface area is 119 Å². The number of benzene rings is 1. The number of nitrogens with one attached hydrogen (secondary N) is 1. The molecule has 0 unspecified atom stereocenters. The van der Waals surface area contributed by atoms with Gasteiger partial charge in [-0.2, -0.15) is 5.10 Å². The molecule has 0 radical (unpaired) electrons. The number of hydrogen-bond acceptors (Lipinski definition) is 4. The summed E-state index contributed by atoms with van der Waals surface area (Å²) in [6, 6.07) is 5.80. The van der Waals surface area contributed by atoms with Crippen LogP contribution >= 0.6 is 0 Å². The summed E-state index contributed by atoms with van der Waals surface area (Å²) < 4.78 is 12.6. The SMILES string of the molecule is COc1cccc(OC)c1CNCc1cnn(C)c1C. The molecule has 5 heteroatoms. The molecule has 1 aromatic carbocycles. The Bertz CT molecular complexity index is 556. The van der Waals surface area contributed by atoms with Crippen molar-refractivity contribution in [2.45, 2.75) is 20.0 Å². The van der Waals surface area contributed by atoms with Gasteiger partial charge in [0.1, 0.15) is 11.5 Å². The van der Waals surface area contributed by atoms with Gasteiger partial charge in [-0.25, -0.2) is 0 Å². The molecule has 0 saturated carbocycles. The third-order valence-electron chi connectivity index (χ3n) is 3.48. The van der Waals surface area contributed by atoms with E-state index in [2.05, 4.69) is 17.3 Å². The Morgan fingerprint density at radius 3 is 2.30 bits per heavy atom. The van der Waals surface area contributed by atoms with Crippen LogP contribution in [0.1, 0.15) is 16.8 Å². The first kappa shape index (κ1) is 14.4. The lowest BCUT2D eigenvalue weighted by Gasteiger charge is -2.13. The van der Waals surface area contributed by atoms with Crippen LogP contribution in [0, 0.1) is 6.92 Å². The smallest absolute Gasteiger partial charge is 0.127 e. The quantitative estimate of drug-likeness (QED) is 0.876. The van der Waals surface area contributed by atoms with E-state index in [1.165, 1.54) is 11.3 Å². The Kier molecular flexibility index (Phi) is 4.63. The minimum Gasteiger partial charge on any atom is -0.496 e. The molecule has 108 valence electrons. The van der Waals surface area contributed by atoms with Crippen LogP contribution in [-0.2, 0) is 20.1 Å². The van der Waals surface area contributed by atoms with E-state index in [9.17, 15) is 0 Å². The van der Waals surface area contributed by atoms with E-state index in [1.807, 2.05) is 36.1 Å². The molecule has 2 aromatic rings. The predicted molar refractivity (Wildman–Crippen MR) is 78.0 cm³/mol. The van der Waals surface area contributed by atoms with Gasteiger partial charge in [0, 0.05) is 37.0 Å². The van der Waals surface area contributed by atoms with Gasteiger partial charge in [-0.05, 0) is 19.1 Å². The second kappa shape index (κ2) is 6.43. The summed E-state index contributed by atoms with van der Waals surface area (Å²) in [4.78, 5) is 0. The molecular formula is C15H21N3O2. The van der Waals surface area contributed by atoms with Crippen molar-refractivity contribution in [3.63, 3.8) is 0 Å². The van der Waals surface area contributed by atoms with Gasteiger partial charge in [0.15, 0.2) is 0 Å². The molecule has 20 heavy (non-hydrogen) atoms. The number of hydrogen-bond donors (Lipinski definition) is 1. The fourth-order valence-electron chi connectivity index (χ4n) is 2.14. The van der Waals surface area contributed by atoms with Crippen LogP contribution in [0.3, 0.4) is 0 Å². The highest BCUT2D eigenvalue weighted by Crippen LogP contribution is 2.27. The number of nitrogens with zero attached hydrogens (tertiary/aromatic N) is 2. The summed E-state index contributed by atoms with van der Waals surface area (Å²) in [5, 5.41) is 7.64. The van der Waals surface area contributed by atoms with Crippen LogP contribution in [0.4, 0.5) is 0 Å². The Hall–Kier alpha value is -2.01. The Morgan fingerprint density at radius 1 is 1.15 bits per heavy atom. The maximum Gasteiger partial charge on any atom is 0.127 e. The van der Waals surface area contributed by atoms with Crippen molar-refractivity contribution in [3.8, 4) is 11.5 Å². The molecule has 0 spiro atoms. The summed E-state index contributed by atoms with van der Waals surface area (Å²) in [5.74, 6) is 1.67. The van der Waals surface area contributed by atoms with Crippen LogP contribution in [0.15, 0.2) is 24.4 Å². The molecule has 5 nitrogen and oxygen atoms in total. The first-order valence-electron chi connectivity index (χ1n) is 6.55. The summed E-state index contributed by atoms with van der Waals surface area (Å²) in [6.07, 6.45) is 1.89. The van der Waals surface area contributed by atoms with Crippen LogP contribution in [-0.4, -0.2) is 24.0 Å². The lowest BCUT2D eigenvalue weighted by molar-refractivity contribution is 0.382. The first-order valence-corrected chi connectivity index (χ1v) is 6.55. The maximum absolute atomic E-state index is 5.38. The highest BCUT2D eigenvalue weighted by atomic mass is 16.5. The van der Waals surface area contributed by atoms with Gasteiger partial charge in [-0.3, -0.25) is 4.68 Å². The number of methoxy groups -OCH3 is 2. The maximum atomic E-state index is 5.38. The zero-order valence-electron chi connectivity index (χ0n) is 12.4. The molecule has 0 bridgehead atoms. The van der Waals surface area contributed by atoms with E-state index in [-0.39, 0.29) is 0 Å². The second-order valence-electron chi connectivity index (χ2n) is 4.62. The number of ether oxygens (including phenoxy) is 2. The standard InChI is InChI=1S/C15H21N3O2/c1-11-12(9-17-18(11)2)8-16-10-13-14(19-3)6-5-7-15(13)20-4/h5-7,9,16H,8,10H2,1-4H3. The van der Waals surface area contributed by atoms with Gasteiger partial charge >= 0.3 is 0 Å². The number of rotatable bonds is 6. The van der Waals surface area contributed by atoms with Gasteiger partial charge in [0.05, 0.1) is 20.4 Å². The normalized spacial score (nSPS) is 10.6. The number of aryl methyl sites for hydroxylation is 1. The van der Waals surface area contributed by atoms with Gasteiger partial charge in [0.25, 0.3) is 0 Å². The number of aromatic nitrogens is 2. The molecule has 0 atom stereocenters. The van der Waals surface area contributed by atoms with Crippen molar-refractivity contribution in [2.24, 2.45) is 7.05 Å². The van der Waals surface area contributed by atoms with Crippen molar-refractivity contribution >= 4 is 0 Å². The molecular weight excluding hydrogens is 254 g/mol. The molecule has 0 fully saturated rings. The van der Waals surface area contributed by atoms with Gasteiger partial charge in [-0.1, -0.05) is 6.07 Å². The van der Waals surface area contributed by atoms with Gasteiger partial charge in [0.2, 0.25) is 0 Å². The van der Waals surface area contributed by atoms with E-state index in [0.717, 1.165) is 23.6 Å². The second-order valence-corrected chi connectivity index (χ2v) is 4.62. The average Bonchev–Trinajstić information content (AvgIpc) is 2.79. The molecule has 0 aliphatic carbocycles. The van der Waals surface area contributed by atoms with Crippen molar-refractivity contribution in [3.05, 3.63) is 41.2 Å². The van der Waals surface area contributed by atoms with E-state index in [0.29, 0.717) is 6.54 Å². The Morgan fingerprint density at radius 2 is 1.80 bits per heavy atom. The Balaban J connectivity index is 2.05. The molecule has 0 saturated heterocycles. The van der Waals surface area contributed by atoms with Gasteiger partial charge in [-0.15, -0.1) is 0 Å². The van der Waals surface area contributed by atoms with Crippen molar-refractivity contribution in [1.82, 2.24) is 15.1 Å². The molecule has 1 heterocycles. The highest BCUT2D eigenvalue weighted by molar-refractivity contribution is 5.44. The fraction of sp³-hybridized carbons (Fsp3) is 0.400.